The third-order valence-corrected chi connectivity index (χ3v) is 6.73. The molecule has 0 radical (unpaired) electrons. The van der Waals surface area contributed by atoms with E-state index in [-0.39, 0.29) is 46.0 Å². The first kappa shape index (κ1) is 23.5. The molecule has 3 N–H and O–H groups in total. The Morgan fingerprint density at radius 2 is 1.94 bits per heavy atom. The third kappa shape index (κ3) is 3.85. The second kappa shape index (κ2) is 8.30. The molecule has 180 valence electrons. The normalized spacial score (nSPS) is 17.0. The van der Waals surface area contributed by atoms with Gasteiger partial charge in [-0.05, 0) is 56.7 Å². The highest BCUT2D eigenvalue weighted by Gasteiger charge is 2.40. The summed E-state index contributed by atoms with van der Waals surface area (Å²) >= 11 is 0. The van der Waals surface area contributed by atoms with Gasteiger partial charge in [0, 0.05) is 19.3 Å². The summed E-state index contributed by atoms with van der Waals surface area (Å²) in [6.45, 7) is 9.74. The molecule has 0 fully saturated rings. The zero-order chi connectivity index (χ0) is 24.9. The van der Waals surface area contributed by atoms with Crippen LogP contribution in [0.4, 0.5) is 17.1 Å². The summed E-state index contributed by atoms with van der Waals surface area (Å²) in [6, 6.07) is 3.04. The molecule has 1 aliphatic carbocycles. The second-order valence-corrected chi connectivity index (χ2v) is 9.91. The lowest BCUT2D eigenvalue weighted by Crippen LogP contribution is -2.41. The van der Waals surface area contributed by atoms with E-state index in [0.29, 0.717) is 0 Å². The van der Waals surface area contributed by atoms with Crippen LogP contribution in [0.2, 0.25) is 0 Å². The number of aromatic hydroxyl groups is 1. The van der Waals surface area contributed by atoms with E-state index in [1.165, 1.54) is 17.2 Å². The minimum Gasteiger partial charge on any atom is -0.504 e. The summed E-state index contributed by atoms with van der Waals surface area (Å²) in [5.41, 5.74) is -0.336. The Balaban J connectivity index is 1.66. The summed E-state index contributed by atoms with van der Waals surface area (Å²) in [5.74, 6) is 0.720. The summed E-state index contributed by atoms with van der Waals surface area (Å²) in [4.78, 5) is 43.1. The van der Waals surface area contributed by atoms with Gasteiger partial charge in [0.2, 0.25) is 0 Å². The molecule has 9 heteroatoms. The van der Waals surface area contributed by atoms with E-state index < -0.39 is 16.8 Å². The predicted octanol–water partition coefficient (Wildman–Crippen LogP) is 3.63. The van der Waals surface area contributed by atoms with Gasteiger partial charge in [0.05, 0.1) is 11.7 Å². The fourth-order valence-corrected chi connectivity index (χ4v) is 4.28. The van der Waals surface area contributed by atoms with Crippen molar-refractivity contribution in [2.75, 3.05) is 17.7 Å². The van der Waals surface area contributed by atoms with Gasteiger partial charge in [-0.1, -0.05) is 13.8 Å². The highest BCUT2D eigenvalue weighted by atomic mass is 16.3. The van der Waals surface area contributed by atoms with E-state index >= 15 is 0 Å². The van der Waals surface area contributed by atoms with Crippen molar-refractivity contribution in [2.45, 2.75) is 59.5 Å². The summed E-state index contributed by atoms with van der Waals surface area (Å²) in [7, 11) is 1.61. The van der Waals surface area contributed by atoms with Crippen molar-refractivity contribution >= 4 is 23.0 Å². The van der Waals surface area contributed by atoms with E-state index in [1.54, 1.807) is 7.05 Å². The van der Waals surface area contributed by atoms with E-state index in [2.05, 4.69) is 29.5 Å². The number of rotatable bonds is 6. The molecular weight excluding hydrogens is 436 g/mol. The summed E-state index contributed by atoms with van der Waals surface area (Å²) in [6.07, 6.45) is 3.13. The van der Waals surface area contributed by atoms with Crippen LogP contribution >= 0.6 is 0 Å². The summed E-state index contributed by atoms with van der Waals surface area (Å²) < 4.78 is 5.95. The fraction of sp³-hybridized carbons (Fsp3) is 0.440. The minimum atomic E-state index is -0.699. The van der Waals surface area contributed by atoms with Gasteiger partial charge in [0.15, 0.2) is 11.4 Å². The van der Waals surface area contributed by atoms with Gasteiger partial charge < -0.3 is 25.1 Å². The molecular formula is C25H30N4O5. The quantitative estimate of drug-likeness (QED) is 0.470. The van der Waals surface area contributed by atoms with Crippen LogP contribution in [0.15, 0.2) is 32.3 Å². The first-order chi connectivity index (χ1) is 15.9. The molecule has 1 atom stereocenters. The Morgan fingerprint density at radius 1 is 1.26 bits per heavy atom. The number of hydrogen-bond acceptors (Lipinski definition) is 8. The molecule has 2 heterocycles. The number of nitrogens with one attached hydrogen (secondary N) is 2. The number of carbonyl (C=O) groups excluding carboxylic acids is 1. The first-order valence-electron chi connectivity index (χ1n) is 11.3. The lowest BCUT2D eigenvalue weighted by atomic mass is 9.73. The SMILES string of the molecule is Cc1cc2c(o1)C(Nc1c(Nc3ccnc(C(=O)N(C)C(C)C)c3O)c(=O)c1=O)C(C)(C)CC2. The van der Waals surface area contributed by atoms with Crippen molar-refractivity contribution in [1.29, 1.82) is 0 Å². The highest BCUT2D eigenvalue weighted by molar-refractivity contribution is 5.97. The van der Waals surface area contributed by atoms with Crippen LogP contribution in [0.3, 0.4) is 0 Å². The van der Waals surface area contributed by atoms with Gasteiger partial charge in [-0.2, -0.15) is 0 Å². The first-order valence-corrected chi connectivity index (χ1v) is 11.3. The van der Waals surface area contributed by atoms with Gasteiger partial charge in [-0.3, -0.25) is 14.4 Å². The molecule has 4 rings (SSSR count). The molecule has 2 aromatic heterocycles. The van der Waals surface area contributed by atoms with Crippen LogP contribution in [-0.2, 0) is 6.42 Å². The van der Waals surface area contributed by atoms with Crippen molar-refractivity contribution in [2.24, 2.45) is 5.41 Å². The molecule has 0 aliphatic heterocycles. The Kier molecular flexibility index (Phi) is 5.75. The van der Waals surface area contributed by atoms with Crippen LogP contribution in [0.25, 0.3) is 0 Å². The number of aromatic nitrogens is 1. The Labute approximate surface area is 197 Å². The average Bonchev–Trinajstić information content (AvgIpc) is 3.17. The van der Waals surface area contributed by atoms with Gasteiger partial charge in [0.1, 0.15) is 22.9 Å². The molecule has 0 saturated heterocycles. The number of amides is 1. The maximum atomic E-state index is 12.7. The molecule has 1 aliphatic rings. The predicted molar refractivity (Wildman–Crippen MR) is 130 cm³/mol. The van der Waals surface area contributed by atoms with Crippen LogP contribution in [0.1, 0.15) is 67.7 Å². The van der Waals surface area contributed by atoms with Gasteiger partial charge >= 0.3 is 0 Å². The monoisotopic (exact) mass is 466 g/mol. The van der Waals surface area contributed by atoms with E-state index in [9.17, 15) is 19.5 Å². The number of fused-ring (bicyclic) bond motifs is 1. The Morgan fingerprint density at radius 3 is 2.62 bits per heavy atom. The van der Waals surface area contributed by atoms with Gasteiger partial charge in [0.25, 0.3) is 16.8 Å². The minimum absolute atomic E-state index is 0.0355. The fourth-order valence-electron chi connectivity index (χ4n) is 4.28. The van der Waals surface area contributed by atoms with Crippen LogP contribution < -0.4 is 21.5 Å². The maximum Gasteiger partial charge on any atom is 0.276 e. The van der Waals surface area contributed by atoms with Gasteiger partial charge in [-0.25, -0.2) is 4.98 Å². The second-order valence-electron chi connectivity index (χ2n) is 9.91. The van der Waals surface area contributed by atoms with E-state index in [0.717, 1.165) is 29.9 Å². The molecule has 1 unspecified atom stereocenters. The van der Waals surface area contributed by atoms with E-state index in [1.807, 2.05) is 26.8 Å². The molecule has 0 spiro atoms. The smallest absolute Gasteiger partial charge is 0.276 e. The van der Waals surface area contributed by atoms with Gasteiger partial charge in [-0.15, -0.1) is 0 Å². The number of nitrogens with zero attached hydrogens (tertiary/aromatic N) is 2. The maximum absolute atomic E-state index is 12.7. The lowest BCUT2D eigenvalue weighted by Gasteiger charge is -2.38. The van der Waals surface area contributed by atoms with Crippen LogP contribution in [0, 0.1) is 12.3 Å². The standard InChI is InChI=1S/C25H30N4O5/c1-12(2)29(6)24(33)18-19(30)15(8-10-26-18)27-16-17(21(32)20(16)31)28-23-22-14(11-13(3)34-22)7-9-25(23,4)5/h8,10-12,23,28,30H,7,9H2,1-6H3,(H,26,27). The Bertz CT molecular complexity index is 1330. The number of anilines is 3. The zero-order valence-corrected chi connectivity index (χ0v) is 20.3. The average molecular weight is 467 g/mol. The molecule has 1 aromatic carbocycles. The molecule has 34 heavy (non-hydrogen) atoms. The van der Waals surface area contributed by atoms with Crippen molar-refractivity contribution in [1.82, 2.24) is 9.88 Å². The van der Waals surface area contributed by atoms with Crippen molar-refractivity contribution in [3.63, 3.8) is 0 Å². The van der Waals surface area contributed by atoms with Crippen molar-refractivity contribution in [3.05, 3.63) is 61.6 Å². The number of carbonyl (C=O) groups is 1. The Hall–Kier alpha value is -3.62. The van der Waals surface area contributed by atoms with Crippen molar-refractivity contribution < 1.29 is 14.3 Å². The van der Waals surface area contributed by atoms with Crippen LogP contribution in [-0.4, -0.2) is 34.0 Å². The third-order valence-electron chi connectivity index (χ3n) is 6.73. The zero-order valence-electron chi connectivity index (χ0n) is 20.3. The molecule has 0 bridgehead atoms. The molecule has 1 amide bonds. The highest BCUT2D eigenvalue weighted by Crippen LogP contribution is 2.46. The van der Waals surface area contributed by atoms with Crippen molar-refractivity contribution in [3.8, 4) is 5.75 Å². The van der Waals surface area contributed by atoms with Crippen LogP contribution in [0.5, 0.6) is 5.75 Å². The molecule has 9 nitrogen and oxygen atoms in total. The lowest BCUT2D eigenvalue weighted by molar-refractivity contribution is 0.0746. The number of pyridine rings is 1. The topological polar surface area (TPSA) is 125 Å². The largest absolute Gasteiger partial charge is 0.504 e. The number of aryl methyl sites for hydroxylation is 2. The summed E-state index contributed by atoms with van der Waals surface area (Å²) in [5, 5.41) is 16.8. The van der Waals surface area contributed by atoms with E-state index in [4.69, 9.17) is 4.42 Å². The number of hydrogen-bond donors (Lipinski definition) is 3. The molecule has 0 saturated carbocycles. The number of furan rings is 1. The molecule has 3 aromatic rings.